The minimum atomic E-state index is -4.40. The first kappa shape index (κ1) is 31.4. The van der Waals surface area contributed by atoms with Crippen LogP contribution in [0.3, 0.4) is 0 Å². The van der Waals surface area contributed by atoms with E-state index in [0.717, 1.165) is 11.3 Å². The summed E-state index contributed by atoms with van der Waals surface area (Å²) in [6, 6.07) is 12.6. The Hall–Kier alpha value is -4.08. The Morgan fingerprint density at radius 1 is 1.07 bits per heavy atom. The minimum Gasteiger partial charge on any atom is -0.481 e. The van der Waals surface area contributed by atoms with E-state index >= 15 is 0 Å². The van der Waals surface area contributed by atoms with Crippen LogP contribution >= 0.6 is 23.1 Å². The van der Waals surface area contributed by atoms with Gasteiger partial charge in [0.1, 0.15) is 10.7 Å². The van der Waals surface area contributed by atoms with Gasteiger partial charge in [-0.05, 0) is 36.8 Å². The maximum atomic E-state index is 14.3. The van der Waals surface area contributed by atoms with Crippen LogP contribution in [-0.2, 0) is 14.6 Å². The molecule has 1 aromatic heterocycles. The summed E-state index contributed by atoms with van der Waals surface area (Å²) in [5, 5.41) is 22.0. The van der Waals surface area contributed by atoms with Gasteiger partial charge in [0.2, 0.25) is 9.84 Å². The molecular formula is C26H31N7O5S3. The Bertz CT molecular complexity index is 1570. The van der Waals surface area contributed by atoms with E-state index in [1.807, 2.05) is 0 Å². The summed E-state index contributed by atoms with van der Waals surface area (Å²) in [6.07, 6.45) is 3.34. The lowest BCUT2D eigenvalue weighted by molar-refractivity contribution is -0.137. The van der Waals surface area contributed by atoms with Crippen molar-refractivity contribution >= 4 is 68.1 Å². The number of sulfone groups is 1. The van der Waals surface area contributed by atoms with Gasteiger partial charge in [-0.1, -0.05) is 42.8 Å². The number of nitrogens with zero attached hydrogens (tertiary/aromatic N) is 1. The smallest absolute Gasteiger partial charge is 0.319 e. The Morgan fingerprint density at radius 2 is 1.78 bits per heavy atom. The van der Waals surface area contributed by atoms with E-state index in [1.54, 1.807) is 42.7 Å². The number of thiophene rings is 1. The van der Waals surface area contributed by atoms with Crippen LogP contribution in [0, 0.1) is 5.41 Å². The van der Waals surface area contributed by atoms with Gasteiger partial charge in [-0.2, -0.15) is 0 Å². The number of thioether (sulfide) groups is 1. The Kier molecular flexibility index (Phi) is 10.7. The van der Waals surface area contributed by atoms with Crippen LogP contribution in [0.2, 0.25) is 0 Å². The Morgan fingerprint density at radius 3 is 2.39 bits per heavy atom. The molecule has 15 heteroatoms. The lowest BCUT2D eigenvalue weighted by Crippen LogP contribution is -2.30. The highest BCUT2D eigenvalue weighted by Gasteiger charge is 2.32. The van der Waals surface area contributed by atoms with Crippen LogP contribution in [0.25, 0.3) is 11.1 Å². The van der Waals surface area contributed by atoms with Crippen molar-refractivity contribution in [1.29, 1.82) is 5.41 Å². The molecule has 0 atom stereocenters. The molecule has 12 nitrogen and oxygen atoms in total. The zero-order valence-corrected chi connectivity index (χ0v) is 24.6. The molecule has 0 spiro atoms. The fourth-order valence-corrected chi connectivity index (χ4v) is 8.07. The van der Waals surface area contributed by atoms with Crippen molar-refractivity contribution < 1.29 is 23.1 Å². The SMILES string of the molecule is CSc1sc(C(=N)N)cc1S(=O)(=O)c1c(N=C(N)N)ccc(-c2ccccc2)c1NC(=O)NCCCCCC(=O)O. The number of urea groups is 1. The Balaban J connectivity index is 2.16. The van der Waals surface area contributed by atoms with Crippen molar-refractivity contribution in [3.8, 4) is 11.1 Å². The summed E-state index contributed by atoms with van der Waals surface area (Å²) in [7, 11) is -4.40. The van der Waals surface area contributed by atoms with Gasteiger partial charge in [-0.3, -0.25) is 10.2 Å². The molecule has 0 aliphatic heterocycles. The van der Waals surface area contributed by atoms with Crippen molar-refractivity contribution in [2.75, 3.05) is 18.1 Å². The number of hydrogen-bond donors (Lipinski definition) is 7. The van der Waals surface area contributed by atoms with E-state index in [-0.39, 0.29) is 50.8 Å². The van der Waals surface area contributed by atoms with E-state index in [9.17, 15) is 18.0 Å². The second-order valence-electron chi connectivity index (χ2n) is 8.71. The van der Waals surface area contributed by atoms with Crippen molar-refractivity contribution in [1.82, 2.24) is 5.32 Å². The standard InChI is InChI=1S/C26H31N7O5S3/c1-39-24-19(14-18(40-24)23(27)28)41(37,38)22-17(32-25(29)30)12-11-16(15-8-4-2-5-9-15)21(22)33-26(36)31-13-7-3-6-10-20(34)35/h2,4-5,8-9,11-12,14H,3,6-7,10,13H2,1H3,(H3,27,28)(H,34,35)(H4,29,30,32)(H2,31,33,36). The molecule has 0 aliphatic rings. The molecule has 1 heterocycles. The number of carboxylic acids is 1. The largest absolute Gasteiger partial charge is 0.481 e. The summed E-state index contributed by atoms with van der Waals surface area (Å²) in [5.41, 5.74) is 17.9. The first-order chi connectivity index (χ1) is 19.4. The number of hydrogen-bond acceptors (Lipinski definition) is 8. The first-order valence-corrected chi connectivity index (χ1v) is 15.8. The second kappa shape index (κ2) is 14.0. The summed E-state index contributed by atoms with van der Waals surface area (Å²) in [4.78, 5) is 27.7. The van der Waals surface area contributed by atoms with Gasteiger partial charge < -0.3 is 32.9 Å². The van der Waals surface area contributed by atoms with Crippen LogP contribution in [0.15, 0.2) is 67.5 Å². The number of aliphatic carboxylic acids is 1. The number of guanidine groups is 1. The van der Waals surface area contributed by atoms with Crippen LogP contribution in [-0.4, -0.2) is 50.1 Å². The molecular weight excluding hydrogens is 587 g/mol. The van der Waals surface area contributed by atoms with E-state index in [2.05, 4.69) is 15.6 Å². The lowest BCUT2D eigenvalue weighted by atomic mass is 10.0. The summed E-state index contributed by atoms with van der Waals surface area (Å²) < 4.78 is 29.1. The number of benzene rings is 2. The molecule has 41 heavy (non-hydrogen) atoms. The highest BCUT2D eigenvalue weighted by atomic mass is 32.2. The molecule has 0 saturated heterocycles. The highest BCUT2D eigenvalue weighted by molar-refractivity contribution is 8.01. The third-order valence-electron chi connectivity index (χ3n) is 5.74. The van der Waals surface area contributed by atoms with Crippen molar-refractivity contribution in [2.24, 2.45) is 22.2 Å². The number of aliphatic imine (C=N–C) groups is 1. The molecule has 0 unspecified atom stereocenters. The van der Waals surface area contributed by atoms with E-state index in [1.165, 1.54) is 23.9 Å². The second-order valence-corrected chi connectivity index (χ2v) is 12.7. The molecule has 10 N–H and O–H groups in total. The highest BCUT2D eigenvalue weighted by Crippen LogP contribution is 2.45. The third-order valence-corrected chi connectivity index (χ3v) is 10.2. The van der Waals surface area contributed by atoms with Crippen molar-refractivity contribution in [3.05, 3.63) is 53.4 Å². The molecule has 0 radical (unpaired) electrons. The number of unbranched alkanes of at least 4 members (excludes halogenated alkanes) is 2. The molecule has 2 aromatic carbocycles. The van der Waals surface area contributed by atoms with Crippen molar-refractivity contribution in [3.63, 3.8) is 0 Å². The average Bonchev–Trinajstić information content (AvgIpc) is 3.37. The Labute approximate surface area is 245 Å². The number of carbonyl (C=O) groups is 2. The summed E-state index contributed by atoms with van der Waals surface area (Å²) in [6.45, 7) is 0.241. The molecule has 218 valence electrons. The zero-order chi connectivity index (χ0) is 30.2. The molecule has 0 aliphatic carbocycles. The number of rotatable bonds is 13. The summed E-state index contributed by atoms with van der Waals surface area (Å²) in [5.74, 6) is -1.55. The van der Waals surface area contributed by atoms with Gasteiger partial charge >= 0.3 is 12.0 Å². The number of nitrogens with one attached hydrogen (secondary N) is 3. The molecule has 2 amide bonds. The molecule has 0 saturated carbocycles. The maximum absolute atomic E-state index is 14.3. The fourth-order valence-electron chi connectivity index (χ4n) is 3.92. The van der Waals surface area contributed by atoms with Crippen LogP contribution in [0.1, 0.15) is 30.6 Å². The molecule has 0 fully saturated rings. The zero-order valence-electron chi connectivity index (χ0n) is 22.1. The van der Waals surface area contributed by atoms with E-state index < -0.39 is 21.8 Å². The van der Waals surface area contributed by atoms with Gasteiger partial charge in [0.15, 0.2) is 5.96 Å². The monoisotopic (exact) mass is 617 g/mol. The number of nitrogen functional groups attached to an aromatic ring is 1. The van der Waals surface area contributed by atoms with Crippen molar-refractivity contribution in [2.45, 2.75) is 39.7 Å². The lowest BCUT2D eigenvalue weighted by Gasteiger charge is -2.19. The number of anilines is 1. The fraction of sp³-hybridized carbons (Fsp3) is 0.231. The number of nitrogens with two attached hydrogens (primary N) is 3. The molecule has 3 aromatic rings. The van der Waals surface area contributed by atoms with E-state index in [4.69, 9.17) is 27.7 Å². The molecule has 3 rings (SSSR count). The number of carboxylic acid groups (broad SMARTS) is 1. The number of amides is 2. The average molecular weight is 618 g/mol. The maximum Gasteiger partial charge on any atom is 0.319 e. The van der Waals surface area contributed by atoms with Crippen LogP contribution < -0.4 is 27.8 Å². The third kappa shape index (κ3) is 7.99. The van der Waals surface area contributed by atoms with Gasteiger partial charge in [-0.25, -0.2) is 18.2 Å². The number of amidine groups is 1. The van der Waals surface area contributed by atoms with Gasteiger partial charge in [0.25, 0.3) is 0 Å². The number of carbonyl (C=O) groups excluding carboxylic acids is 1. The normalized spacial score (nSPS) is 11.0. The van der Waals surface area contributed by atoms with Crippen LogP contribution in [0.5, 0.6) is 0 Å². The first-order valence-electron chi connectivity index (χ1n) is 12.3. The van der Waals surface area contributed by atoms with E-state index in [0.29, 0.717) is 34.6 Å². The molecule has 0 bridgehead atoms. The van der Waals surface area contributed by atoms with Gasteiger partial charge in [0.05, 0.1) is 25.4 Å². The quantitative estimate of drug-likeness (QED) is 0.0637. The summed E-state index contributed by atoms with van der Waals surface area (Å²) >= 11 is 2.24. The van der Waals surface area contributed by atoms with Gasteiger partial charge in [0, 0.05) is 18.5 Å². The minimum absolute atomic E-state index is 0.0373. The topological polar surface area (TPSA) is 227 Å². The van der Waals surface area contributed by atoms with Crippen LogP contribution in [0.4, 0.5) is 16.2 Å². The van der Waals surface area contributed by atoms with Gasteiger partial charge in [-0.15, -0.1) is 23.1 Å². The predicted molar refractivity (Wildman–Crippen MR) is 163 cm³/mol. The predicted octanol–water partition coefficient (Wildman–Crippen LogP) is 3.93.